The SMILES string of the molecule is COC(=O)N1CCc2c(nc(-c3ccc(NC(=O)Nc4ccncc4)cc3)nc2N2CC3CCC(C2)O3)C1. The second-order valence-electron chi connectivity index (χ2n) is 9.69. The van der Waals surface area contributed by atoms with E-state index >= 15 is 0 Å². The van der Waals surface area contributed by atoms with Gasteiger partial charge in [-0.25, -0.2) is 19.6 Å². The molecule has 3 aromatic rings. The number of nitrogens with one attached hydrogen (secondary N) is 2. The van der Waals surface area contributed by atoms with Crippen LogP contribution in [0, 0.1) is 0 Å². The van der Waals surface area contributed by atoms with E-state index in [-0.39, 0.29) is 24.3 Å². The van der Waals surface area contributed by atoms with Gasteiger partial charge in [-0.3, -0.25) is 4.98 Å². The molecule has 3 aliphatic heterocycles. The van der Waals surface area contributed by atoms with Crippen molar-refractivity contribution >= 4 is 29.3 Å². The molecule has 2 fully saturated rings. The van der Waals surface area contributed by atoms with Crippen LogP contribution < -0.4 is 15.5 Å². The highest BCUT2D eigenvalue weighted by molar-refractivity contribution is 5.99. The summed E-state index contributed by atoms with van der Waals surface area (Å²) in [4.78, 5) is 42.5. The third kappa shape index (κ3) is 4.97. The molecule has 0 aliphatic carbocycles. The number of hydrogen-bond donors (Lipinski definition) is 2. The summed E-state index contributed by atoms with van der Waals surface area (Å²) in [6.07, 6.45) is 6.13. The first-order chi connectivity index (χ1) is 18.6. The van der Waals surface area contributed by atoms with E-state index in [0.717, 1.165) is 48.6 Å². The molecule has 11 nitrogen and oxygen atoms in total. The number of methoxy groups -OCH3 is 1. The van der Waals surface area contributed by atoms with Crippen molar-refractivity contribution in [1.82, 2.24) is 19.9 Å². The zero-order valence-corrected chi connectivity index (χ0v) is 21.1. The number of urea groups is 1. The molecule has 2 saturated heterocycles. The fourth-order valence-corrected chi connectivity index (χ4v) is 5.31. The van der Waals surface area contributed by atoms with Crippen molar-refractivity contribution in [2.24, 2.45) is 0 Å². The molecule has 1 aromatic carbocycles. The molecule has 3 amide bonds. The lowest BCUT2D eigenvalue weighted by Gasteiger charge is -2.36. The predicted molar refractivity (Wildman–Crippen MR) is 141 cm³/mol. The van der Waals surface area contributed by atoms with Gasteiger partial charge in [-0.15, -0.1) is 0 Å². The molecule has 3 aliphatic rings. The van der Waals surface area contributed by atoms with Crippen LogP contribution in [0.15, 0.2) is 48.8 Å². The monoisotopic (exact) mass is 515 g/mol. The standard InChI is InChI=1S/C27H29N7O4/c1-37-27(36)33-13-10-22-23(16-33)31-24(32-25(22)34-14-20-6-7-21(15-34)38-20)17-2-4-18(5-3-17)29-26(35)30-19-8-11-28-12-9-19/h2-5,8-9,11-12,20-21H,6-7,10,13-16H2,1H3,(H2,28,29,30,35). The lowest BCUT2D eigenvalue weighted by atomic mass is 10.0. The minimum absolute atomic E-state index is 0.224. The Hall–Kier alpha value is -4.25. The highest BCUT2D eigenvalue weighted by Gasteiger charge is 2.36. The molecule has 2 N–H and O–H groups in total. The first kappa shape index (κ1) is 24.1. The van der Waals surface area contributed by atoms with E-state index in [1.165, 1.54) is 7.11 Å². The second kappa shape index (κ2) is 10.3. The molecule has 2 atom stereocenters. The van der Waals surface area contributed by atoms with Gasteiger partial charge in [0, 0.05) is 54.5 Å². The van der Waals surface area contributed by atoms with Crippen LogP contribution in [0.4, 0.5) is 26.8 Å². The van der Waals surface area contributed by atoms with E-state index in [2.05, 4.69) is 20.5 Å². The van der Waals surface area contributed by atoms with Gasteiger partial charge in [0.15, 0.2) is 5.82 Å². The van der Waals surface area contributed by atoms with Gasteiger partial charge in [0.05, 0.1) is 31.6 Å². The zero-order valence-electron chi connectivity index (χ0n) is 21.1. The minimum atomic E-state index is -0.359. The third-order valence-corrected chi connectivity index (χ3v) is 7.16. The van der Waals surface area contributed by atoms with Crippen molar-refractivity contribution in [3.8, 4) is 11.4 Å². The molecule has 2 bridgehead atoms. The molecule has 196 valence electrons. The molecule has 0 saturated carbocycles. The number of ether oxygens (including phenoxy) is 2. The maximum absolute atomic E-state index is 12.4. The minimum Gasteiger partial charge on any atom is -0.453 e. The number of nitrogens with zero attached hydrogens (tertiary/aromatic N) is 5. The van der Waals surface area contributed by atoms with Crippen LogP contribution in [-0.2, 0) is 22.4 Å². The molecular weight excluding hydrogens is 486 g/mol. The summed E-state index contributed by atoms with van der Waals surface area (Å²) in [5.41, 5.74) is 4.03. The molecule has 0 radical (unpaired) electrons. The third-order valence-electron chi connectivity index (χ3n) is 7.16. The Balaban J connectivity index is 1.26. The number of morpholine rings is 1. The number of anilines is 3. The predicted octanol–water partition coefficient (Wildman–Crippen LogP) is 3.67. The van der Waals surface area contributed by atoms with Gasteiger partial charge < -0.3 is 29.9 Å². The summed E-state index contributed by atoms with van der Waals surface area (Å²) in [7, 11) is 1.39. The summed E-state index contributed by atoms with van der Waals surface area (Å²) < 4.78 is 11.0. The smallest absolute Gasteiger partial charge is 0.409 e. The maximum atomic E-state index is 12.4. The van der Waals surface area contributed by atoms with Gasteiger partial charge in [-0.2, -0.15) is 0 Å². The van der Waals surface area contributed by atoms with Crippen LogP contribution in [0.3, 0.4) is 0 Å². The summed E-state index contributed by atoms with van der Waals surface area (Å²) >= 11 is 0. The van der Waals surface area contributed by atoms with E-state index in [1.807, 2.05) is 24.3 Å². The van der Waals surface area contributed by atoms with Gasteiger partial charge >= 0.3 is 12.1 Å². The van der Waals surface area contributed by atoms with Crippen molar-refractivity contribution in [2.45, 2.75) is 38.0 Å². The molecule has 11 heteroatoms. The summed E-state index contributed by atoms with van der Waals surface area (Å²) in [5, 5.41) is 5.60. The molecule has 38 heavy (non-hydrogen) atoms. The highest BCUT2D eigenvalue weighted by atomic mass is 16.5. The van der Waals surface area contributed by atoms with E-state index in [4.69, 9.17) is 19.4 Å². The average Bonchev–Trinajstić information content (AvgIpc) is 3.29. The van der Waals surface area contributed by atoms with E-state index in [9.17, 15) is 9.59 Å². The lowest BCUT2D eigenvalue weighted by molar-refractivity contribution is 0.0301. The van der Waals surface area contributed by atoms with Gasteiger partial charge in [0.2, 0.25) is 0 Å². The summed E-state index contributed by atoms with van der Waals surface area (Å²) in [6.45, 7) is 2.54. The van der Waals surface area contributed by atoms with Crippen LogP contribution in [0.1, 0.15) is 24.1 Å². The van der Waals surface area contributed by atoms with Crippen molar-refractivity contribution in [3.63, 3.8) is 0 Å². The summed E-state index contributed by atoms with van der Waals surface area (Å²) in [5.74, 6) is 1.51. The number of fused-ring (bicyclic) bond motifs is 3. The Morgan fingerprint density at radius 3 is 2.34 bits per heavy atom. The summed E-state index contributed by atoms with van der Waals surface area (Å²) in [6, 6.07) is 10.5. The molecule has 0 spiro atoms. The number of amides is 3. The largest absolute Gasteiger partial charge is 0.453 e. The molecule has 2 aromatic heterocycles. The van der Waals surface area contributed by atoms with E-state index < -0.39 is 0 Å². The number of carbonyl (C=O) groups excluding carboxylic acids is 2. The fourth-order valence-electron chi connectivity index (χ4n) is 5.31. The first-order valence-corrected chi connectivity index (χ1v) is 12.8. The Morgan fingerprint density at radius 1 is 0.974 bits per heavy atom. The van der Waals surface area contributed by atoms with Crippen molar-refractivity contribution < 1.29 is 19.1 Å². The molecule has 2 unspecified atom stereocenters. The highest BCUT2D eigenvalue weighted by Crippen LogP contribution is 2.34. The van der Waals surface area contributed by atoms with E-state index in [1.54, 1.807) is 29.4 Å². The number of pyridine rings is 1. The molecule has 5 heterocycles. The number of aromatic nitrogens is 3. The fraction of sp³-hybridized carbons (Fsp3) is 0.370. The number of carbonyl (C=O) groups is 2. The van der Waals surface area contributed by atoms with Crippen molar-refractivity contribution in [1.29, 1.82) is 0 Å². The van der Waals surface area contributed by atoms with Crippen LogP contribution in [0.25, 0.3) is 11.4 Å². The van der Waals surface area contributed by atoms with Gasteiger partial charge in [-0.1, -0.05) is 0 Å². The number of benzene rings is 1. The van der Waals surface area contributed by atoms with Gasteiger partial charge in [0.1, 0.15) is 5.82 Å². The van der Waals surface area contributed by atoms with Crippen molar-refractivity contribution in [3.05, 3.63) is 60.0 Å². The Bertz CT molecular complexity index is 1320. The Labute approximate surface area is 220 Å². The average molecular weight is 516 g/mol. The topological polar surface area (TPSA) is 122 Å². The molecule has 6 rings (SSSR count). The Kier molecular flexibility index (Phi) is 6.50. The molecular formula is C27H29N7O4. The normalized spacial score (nSPS) is 20.0. The van der Waals surface area contributed by atoms with Crippen LogP contribution in [0.2, 0.25) is 0 Å². The van der Waals surface area contributed by atoms with Crippen LogP contribution in [-0.4, -0.2) is 70.9 Å². The maximum Gasteiger partial charge on any atom is 0.409 e. The second-order valence-corrected chi connectivity index (χ2v) is 9.69. The van der Waals surface area contributed by atoms with E-state index in [0.29, 0.717) is 36.7 Å². The Morgan fingerprint density at radius 2 is 1.66 bits per heavy atom. The lowest BCUT2D eigenvalue weighted by Crippen LogP contribution is -2.44. The van der Waals surface area contributed by atoms with Gasteiger partial charge in [0.25, 0.3) is 0 Å². The van der Waals surface area contributed by atoms with Gasteiger partial charge in [-0.05, 0) is 55.7 Å². The van der Waals surface area contributed by atoms with Crippen molar-refractivity contribution in [2.75, 3.05) is 42.3 Å². The zero-order chi connectivity index (χ0) is 26.1. The number of rotatable bonds is 4. The quantitative estimate of drug-likeness (QED) is 0.540. The van der Waals surface area contributed by atoms with Crippen LogP contribution in [0.5, 0.6) is 0 Å². The number of hydrogen-bond acceptors (Lipinski definition) is 8. The van der Waals surface area contributed by atoms with Crippen LogP contribution >= 0.6 is 0 Å². The first-order valence-electron chi connectivity index (χ1n) is 12.8.